The van der Waals surface area contributed by atoms with Gasteiger partial charge >= 0.3 is 6.98 Å². The van der Waals surface area contributed by atoms with Gasteiger partial charge in [0.15, 0.2) is 0 Å². The van der Waals surface area contributed by atoms with Crippen molar-refractivity contribution in [1.29, 1.82) is 0 Å². The van der Waals surface area contributed by atoms with Crippen molar-refractivity contribution in [3.05, 3.63) is 24.0 Å². The lowest BCUT2D eigenvalue weighted by atomic mass is 9.83. The first kappa shape index (κ1) is 10.9. The number of aryl methyl sites for hydroxylation is 1. The normalized spacial score (nSPS) is 11.4. The number of rotatable bonds is 4. The molecule has 0 aliphatic carbocycles. The van der Waals surface area contributed by atoms with Crippen LogP contribution in [0.1, 0.15) is 5.69 Å². The van der Waals surface area contributed by atoms with Crippen LogP contribution < -0.4 is 4.74 Å². The largest absolute Gasteiger partial charge is 0.495 e. The first-order valence-corrected chi connectivity index (χ1v) is 4.21. The Kier molecular flexibility index (Phi) is 3.38. The van der Waals surface area contributed by atoms with Gasteiger partial charge in [-0.3, -0.25) is 4.98 Å². The first-order chi connectivity index (χ1) is 6.51. The zero-order valence-electron chi connectivity index (χ0n) is 7.71. The molecule has 14 heavy (non-hydrogen) atoms. The van der Waals surface area contributed by atoms with Gasteiger partial charge in [0.25, 0.3) is 0 Å². The number of pyridine rings is 1. The van der Waals surface area contributed by atoms with Crippen molar-refractivity contribution in [2.45, 2.75) is 12.7 Å². The molecule has 0 amide bonds. The number of hydrogen-bond acceptors (Lipinski definition) is 2. The van der Waals surface area contributed by atoms with E-state index in [2.05, 4.69) is 4.98 Å². The third-order valence-electron chi connectivity index (χ3n) is 1.76. The Hall–Kier alpha value is -1.20. The highest BCUT2D eigenvalue weighted by atomic mass is 19.4. The Morgan fingerprint density at radius 1 is 1.36 bits per heavy atom. The second kappa shape index (κ2) is 4.35. The van der Waals surface area contributed by atoms with Crippen LogP contribution in [0.15, 0.2) is 18.3 Å². The van der Waals surface area contributed by atoms with Crippen LogP contribution in [0.4, 0.5) is 12.9 Å². The molecule has 0 unspecified atom stereocenters. The highest BCUT2D eigenvalue weighted by Crippen LogP contribution is 2.18. The van der Waals surface area contributed by atoms with Crippen molar-refractivity contribution in [2.24, 2.45) is 0 Å². The maximum Gasteiger partial charge on any atom is 0.478 e. The maximum absolute atomic E-state index is 11.9. The van der Waals surface area contributed by atoms with Gasteiger partial charge in [0, 0.05) is 5.69 Å². The van der Waals surface area contributed by atoms with Gasteiger partial charge in [0.1, 0.15) is 5.75 Å². The molecule has 0 fully saturated rings. The van der Waals surface area contributed by atoms with Gasteiger partial charge in [-0.15, -0.1) is 0 Å². The molecule has 1 aromatic heterocycles. The molecular formula is C8H10BF3NO-. The number of aromatic nitrogens is 1. The summed E-state index contributed by atoms with van der Waals surface area (Å²) in [6.07, 6.45) is 0.575. The SMILES string of the molecule is COc1ccc(CC[B-](F)(F)F)nc1. The van der Waals surface area contributed by atoms with Crippen LogP contribution in [0, 0.1) is 0 Å². The fourth-order valence-corrected chi connectivity index (χ4v) is 0.991. The topological polar surface area (TPSA) is 22.1 Å². The van der Waals surface area contributed by atoms with Crippen molar-refractivity contribution in [1.82, 2.24) is 4.98 Å². The summed E-state index contributed by atoms with van der Waals surface area (Å²) < 4.78 is 40.5. The predicted molar refractivity (Wildman–Crippen MR) is 48.4 cm³/mol. The lowest BCUT2D eigenvalue weighted by Gasteiger charge is -2.12. The standard InChI is InChI=1S/C8H10BF3NO/c1-14-8-3-2-7(13-6-8)4-5-9(10,11)12/h2-3,6H,4-5H2,1H3/q-1. The minimum absolute atomic E-state index is 0.0620. The van der Waals surface area contributed by atoms with Crippen LogP contribution in [-0.4, -0.2) is 19.1 Å². The Morgan fingerprint density at radius 3 is 2.50 bits per heavy atom. The van der Waals surface area contributed by atoms with E-state index >= 15 is 0 Å². The number of methoxy groups -OCH3 is 1. The van der Waals surface area contributed by atoms with Gasteiger partial charge in [0.05, 0.1) is 13.3 Å². The summed E-state index contributed by atoms with van der Waals surface area (Å²) in [5.74, 6) is 0.547. The van der Waals surface area contributed by atoms with Crippen LogP contribution in [0.2, 0.25) is 6.32 Å². The minimum atomic E-state index is -4.71. The van der Waals surface area contributed by atoms with Gasteiger partial charge in [-0.25, -0.2) is 0 Å². The summed E-state index contributed by atoms with van der Waals surface area (Å²) >= 11 is 0. The van der Waals surface area contributed by atoms with E-state index in [0.717, 1.165) is 0 Å². The molecule has 0 saturated heterocycles. The van der Waals surface area contributed by atoms with E-state index in [1.807, 2.05) is 0 Å². The fourth-order valence-electron chi connectivity index (χ4n) is 0.991. The summed E-state index contributed by atoms with van der Waals surface area (Å²) in [7, 11) is 1.48. The molecule has 0 bridgehead atoms. The molecule has 0 aliphatic heterocycles. The molecule has 1 rings (SSSR count). The highest BCUT2D eigenvalue weighted by molar-refractivity contribution is 6.58. The molecule has 6 heteroatoms. The summed E-state index contributed by atoms with van der Waals surface area (Å²) in [6, 6.07) is 3.15. The molecule has 0 atom stereocenters. The zero-order valence-corrected chi connectivity index (χ0v) is 7.71. The molecule has 0 spiro atoms. The molecule has 78 valence electrons. The van der Waals surface area contributed by atoms with Crippen LogP contribution in [0.5, 0.6) is 5.75 Å². The summed E-state index contributed by atoms with van der Waals surface area (Å²) in [5.41, 5.74) is 0.435. The van der Waals surface area contributed by atoms with Gasteiger partial charge in [-0.1, -0.05) is 6.32 Å². The number of halogens is 3. The third-order valence-corrected chi connectivity index (χ3v) is 1.76. The molecule has 2 nitrogen and oxygen atoms in total. The van der Waals surface area contributed by atoms with E-state index in [9.17, 15) is 12.9 Å². The molecule has 0 aliphatic rings. The predicted octanol–water partition coefficient (Wildman–Crippen LogP) is 2.48. The monoisotopic (exact) mass is 204 g/mol. The van der Waals surface area contributed by atoms with Gasteiger partial charge in [-0.2, -0.15) is 0 Å². The quantitative estimate of drug-likeness (QED) is 0.702. The molecule has 0 N–H and O–H groups in total. The van der Waals surface area contributed by atoms with Crippen LogP contribution in [-0.2, 0) is 6.42 Å². The molecule has 0 radical (unpaired) electrons. The summed E-state index contributed by atoms with van der Waals surface area (Å²) in [5, 5.41) is 0. The zero-order chi connectivity index (χ0) is 10.6. The Balaban J connectivity index is 2.52. The molecular weight excluding hydrogens is 194 g/mol. The van der Waals surface area contributed by atoms with E-state index in [1.165, 1.54) is 13.3 Å². The van der Waals surface area contributed by atoms with E-state index in [4.69, 9.17) is 4.74 Å². The maximum atomic E-state index is 11.9. The first-order valence-electron chi connectivity index (χ1n) is 4.21. The molecule has 1 heterocycles. The van der Waals surface area contributed by atoms with E-state index in [1.54, 1.807) is 12.1 Å². The lowest BCUT2D eigenvalue weighted by molar-refractivity contribution is 0.412. The Labute approximate surface area is 80.2 Å². The lowest BCUT2D eigenvalue weighted by Crippen LogP contribution is -2.15. The van der Waals surface area contributed by atoms with Crippen molar-refractivity contribution >= 4 is 6.98 Å². The van der Waals surface area contributed by atoms with Crippen LogP contribution >= 0.6 is 0 Å². The van der Waals surface area contributed by atoms with Crippen LogP contribution in [0.25, 0.3) is 0 Å². The van der Waals surface area contributed by atoms with E-state index < -0.39 is 13.3 Å². The summed E-state index contributed by atoms with van der Waals surface area (Å²) in [6.45, 7) is -4.71. The smallest absolute Gasteiger partial charge is 0.478 e. The average Bonchev–Trinajstić information content (AvgIpc) is 2.14. The van der Waals surface area contributed by atoms with Gasteiger partial charge in [-0.05, 0) is 18.6 Å². The summed E-state index contributed by atoms with van der Waals surface area (Å²) in [4.78, 5) is 3.84. The molecule has 0 saturated carbocycles. The van der Waals surface area contributed by atoms with Crippen molar-refractivity contribution in [3.63, 3.8) is 0 Å². The highest BCUT2D eigenvalue weighted by Gasteiger charge is 2.22. The van der Waals surface area contributed by atoms with E-state index in [0.29, 0.717) is 11.4 Å². The second-order valence-corrected chi connectivity index (χ2v) is 2.94. The number of hydrogen-bond donors (Lipinski definition) is 0. The molecule has 0 aromatic carbocycles. The van der Waals surface area contributed by atoms with E-state index in [-0.39, 0.29) is 6.42 Å². The van der Waals surface area contributed by atoms with Crippen molar-refractivity contribution in [2.75, 3.05) is 7.11 Å². The number of ether oxygens (including phenoxy) is 1. The molecule has 1 aromatic rings. The Bertz CT molecular complexity index is 286. The number of nitrogens with zero attached hydrogens (tertiary/aromatic N) is 1. The van der Waals surface area contributed by atoms with Gasteiger partial charge < -0.3 is 17.7 Å². The fraction of sp³-hybridized carbons (Fsp3) is 0.375. The van der Waals surface area contributed by atoms with Crippen molar-refractivity contribution < 1.29 is 17.7 Å². The second-order valence-electron chi connectivity index (χ2n) is 2.94. The van der Waals surface area contributed by atoms with Crippen LogP contribution in [0.3, 0.4) is 0 Å². The van der Waals surface area contributed by atoms with Gasteiger partial charge in [0.2, 0.25) is 0 Å². The average molecular weight is 204 g/mol. The van der Waals surface area contributed by atoms with Crippen molar-refractivity contribution in [3.8, 4) is 5.75 Å². The third kappa shape index (κ3) is 3.68. The Morgan fingerprint density at radius 2 is 2.07 bits per heavy atom. The minimum Gasteiger partial charge on any atom is -0.495 e.